The second-order valence-corrected chi connectivity index (χ2v) is 6.65. The van der Waals surface area contributed by atoms with E-state index in [0.29, 0.717) is 11.3 Å². The number of ketones is 1. The molecule has 0 spiro atoms. The number of carbonyl (C=O) groups is 1. The summed E-state index contributed by atoms with van der Waals surface area (Å²) < 4.78 is 5.61. The van der Waals surface area contributed by atoms with Crippen LogP contribution in [0.15, 0.2) is 84.6 Å². The van der Waals surface area contributed by atoms with E-state index in [1.54, 1.807) is 13.2 Å². The lowest BCUT2D eigenvalue weighted by molar-refractivity contribution is 0.0555. The number of nitrogens with one attached hydrogen (secondary N) is 1. The van der Waals surface area contributed by atoms with E-state index in [9.17, 15) is 4.79 Å². The van der Waals surface area contributed by atoms with E-state index in [2.05, 4.69) is 5.32 Å². The molecule has 0 heterocycles. The fourth-order valence-electron chi connectivity index (χ4n) is 2.80. The minimum atomic E-state index is -0.629. The molecule has 0 aliphatic heterocycles. The van der Waals surface area contributed by atoms with Crippen LogP contribution in [0.1, 0.15) is 24.2 Å². The number of para-hydroxylation sites is 1. The van der Waals surface area contributed by atoms with Crippen LogP contribution >= 0.6 is 0 Å². The third-order valence-corrected chi connectivity index (χ3v) is 4.54. The molecule has 3 aromatic rings. The van der Waals surface area contributed by atoms with Gasteiger partial charge in [-0.15, -0.1) is 0 Å². The molecular weight excluding hydrogens is 322 g/mol. The van der Waals surface area contributed by atoms with Crippen molar-refractivity contribution in [2.75, 3.05) is 12.4 Å². The van der Waals surface area contributed by atoms with Crippen molar-refractivity contribution in [3.8, 4) is 0 Å². The van der Waals surface area contributed by atoms with E-state index >= 15 is 0 Å². The summed E-state index contributed by atoms with van der Waals surface area (Å²) in [5.74, 6) is -0.0506. The third kappa shape index (κ3) is 3.84. The average molecular weight is 345 g/mol. The summed E-state index contributed by atoms with van der Waals surface area (Å²) >= 11 is 0. The molecule has 0 unspecified atom stereocenters. The van der Waals surface area contributed by atoms with Gasteiger partial charge in [0, 0.05) is 24.4 Å². The number of benzene rings is 3. The molecule has 0 saturated heterocycles. The summed E-state index contributed by atoms with van der Waals surface area (Å²) in [4.78, 5) is 13.0. The standard InChI is InChI=1S/C23H23NO2/c1-23(2,26-3)22(24-18-12-5-4-6-13-18)16-21(25)20-15-9-11-17-10-7-8-14-19(17)20/h4-16,24H,1-3H3. The van der Waals surface area contributed by atoms with Gasteiger partial charge in [-0.1, -0.05) is 60.7 Å². The van der Waals surface area contributed by atoms with Crippen molar-refractivity contribution >= 4 is 22.2 Å². The summed E-state index contributed by atoms with van der Waals surface area (Å²) in [5, 5.41) is 5.33. The number of anilines is 1. The Balaban J connectivity index is 2.02. The zero-order valence-electron chi connectivity index (χ0n) is 15.3. The van der Waals surface area contributed by atoms with E-state index < -0.39 is 5.60 Å². The predicted octanol–water partition coefficient (Wildman–Crippen LogP) is 5.44. The Morgan fingerprint density at radius 2 is 1.58 bits per heavy atom. The molecule has 26 heavy (non-hydrogen) atoms. The monoisotopic (exact) mass is 345 g/mol. The molecule has 3 aromatic carbocycles. The van der Waals surface area contributed by atoms with Gasteiger partial charge in [0.15, 0.2) is 5.78 Å². The number of methoxy groups -OCH3 is 1. The number of hydrogen-bond donors (Lipinski definition) is 1. The lowest BCUT2D eigenvalue weighted by atomic mass is 9.97. The van der Waals surface area contributed by atoms with Crippen LogP contribution in [0.2, 0.25) is 0 Å². The minimum absolute atomic E-state index is 0.0506. The third-order valence-electron chi connectivity index (χ3n) is 4.54. The lowest BCUT2D eigenvalue weighted by Crippen LogP contribution is -2.30. The summed E-state index contributed by atoms with van der Waals surface area (Å²) in [6.45, 7) is 3.87. The highest BCUT2D eigenvalue weighted by Gasteiger charge is 2.24. The van der Waals surface area contributed by atoms with Crippen LogP contribution in [0.4, 0.5) is 5.69 Å². The normalized spacial score (nSPS) is 12.2. The molecule has 0 amide bonds. The largest absolute Gasteiger partial charge is 0.373 e. The first-order valence-electron chi connectivity index (χ1n) is 8.63. The summed E-state index contributed by atoms with van der Waals surface area (Å²) in [5.41, 5.74) is 1.68. The van der Waals surface area contributed by atoms with Gasteiger partial charge in [-0.25, -0.2) is 0 Å². The highest BCUT2D eigenvalue weighted by molar-refractivity contribution is 6.13. The molecule has 0 aliphatic rings. The maximum Gasteiger partial charge on any atom is 0.188 e. The smallest absolute Gasteiger partial charge is 0.188 e. The van der Waals surface area contributed by atoms with E-state index in [0.717, 1.165) is 16.5 Å². The van der Waals surface area contributed by atoms with Crippen molar-refractivity contribution in [1.82, 2.24) is 0 Å². The maximum absolute atomic E-state index is 13.0. The molecule has 3 nitrogen and oxygen atoms in total. The fourth-order valence-corrected chi connectivity index (χ4v) is 2.80. The molecule has 1 N–H and O–H groups in total. The Morgan fingerprint density at radius 3 is 2.31 bits per heavy atom. The minimum Gasteiger partial charge on any atom is -0.373 e. The van der Waals surface area contributed by atoms with E-state index in [1.165, 1.54) is 0 Å². The molecule has 0 radical (unpaired) electrons. The zero-order valence-corrected chi connectivity index (χ0v) is 15.3. The van der Waals surface area contributed by atoms with Crippen LogP contribution in [0, 0.1) is 0 Å². The number of rotatable bonds is 6. The highest BCUT2D eigenvalue weighted by Crippen LogP contribution is 2.25. The average Bonchev–Trinajstić information content (AvgIpc) is 2.67. The van der Waals surface area contributed by atoms with Gasteiger partial charge in [0.2, 0.25) is 0 Å². The van der Waals surface area contributed by atoms with Crippen LogP contribution in [-0.4, -0.2) is 18.5 Å². The number of allylic oxidation sites excluding steroid dienone is 1. The maximum atomic E-state index is 13.0. The molecular formula is C23H23NO2. The second-order valence-electron chi connectivity index (χ2n) is 6.65. The molecule has 0 fully saturated rings. The van der Waals surface area contributed by atoms with Gasteiger partial charge in [0.05, 0.1) is 5.70 Å². The summed E-state index contributed by atoms with van der Waals surface area (Å²) in [6.07, 6.45) is 1.64. The molecule has 0 saturated carbocycles. The van der Waals surface area contributed by atoms with Gasteiger partial charge < -0.3 is 10.1 Å². The van der Waals surface area contributed by atoms with Crippen molar-refractivity contribution in [3.63, 3.8) is 0 Å². The quantitative estimate of drug-likeness (QED) is 0.477. The fraction of sp³-hybridized carbons (Fsp3) is 0.174. The number of ether oxygens (including phenoxy) is 1. The topological polar surface area (TPSA) is 38.3 Å². The van der Waals surface area contributed by atoms with Gasteiger partial charge >= 0.3 is 0 Å². The van der Waals surface area contributed by atoms with Gasteiger partial charge in [-0.3, -0.25) is 4.79 Å². The van der Waals surface area contributed by atoms with E-state index in [1.807, 2.05) is 86.6 Å². The molecule has 0 atom stereocenters. The van der Waals surface area contributed by atoms with Gasteiger partial charge in [0.25, 0.3) is 0 Å². The van der Waals surface area contributed by atoms with E-state index in [4.69, 9.17) is 4.74 Å². The first-order valence-corrected chi connectivity index (χ1v) is 8.63. The van der Waals surface area contributed by atoms with Crippen molar-refractivity contribution in [3.05, 3.63) is 90.1 Å². The molecule has 0 aromatic heterocycles. The molecule has 0 bridgehead atoms. The van der Waals surface area contributed by atoms with Gasteiger partial charge in [-0.05, 0) is 36.8 Å². The number of carbonyl (C=O) groups excluding carboxylic acids is 1. The Kier molecular flexibility index (Phi) is 5.19. The Hall–Kier alpha value is -2.91. The lowest BCUT2D eigenvalue weighted by Gasteiger charge is -2.27. The molecule has 0 aliphatic carbocycles. The first kappa shape index (κ1) is 17.9. The zero-order chi connectivity index (χ0) is 18.6. The molecule has 3 heteroatoms. The van der Waals surface area contributed by atoms with Crippen molar-refractivity contribution in [2.24, 2.45) is 0 Å². The van der Waals surface area contributed by atoms with Crippen molar-refractivity contribution in [2.45, 2.75) is 19.4 Å². The van der Waals surface area contributed by atoms with Gasteiger partial charge in [0.1, 0.15) is 5.60 Å². The summed E-state index contributed by atoms with van der Waals surface area (Å²) in [7, 11) is 1.64. The van der Waals surface area contributed by atoms with Crippen molar-refractivity contribution < 1.29 is 9.53 Å². The van der Waals surface area contributed by atoms with Crippen LogP contribution in [-0.2, 0) is 4.74 Å². The first-order chi connectivity index (χ1) is 12.5. The van der Waals surface area contributed by atoms with Gasteiger partial charge in [-0.2, -0.15) is 0 Å². The van der Waals surface area contributed by atoms with Crippen molar-refractivity contribution in [1.29, 1.82) is 0 Å². The van der Waals surface area contributed by atoms with Crippen LogP contribution < -0.4 is 5.32 Å². The number of hydrogen-bond acceptors (Lipinski definition) is 3. The Bertz CT molecular complexity index is 937. The Morgan fingerprint density at radius 1 is 0.923 bits per heavy atom. The van der Waals surface area contributed by atoms with Crippen LogP contribution in [0.25, 0.3) is 10.8 Å². The summed E-state index contributed by atoms with van der Waals surface area (Å²) in [6, 6.07) is 23.5. The molecule has 132 valence electrons. The number of fused-ring (bicyclic) bond motifs is 1. The predicted molar refractivity (Wildman–Crippen MR) is 108 cm³/mol. The van der Waals surface area contributed by atoms with E-state index in [-0.39, 0.29) is 5.78 Å². The second kappa shape index (κ2) is 7.54. The van der Waals surface area contributed by atoms with Crippen LogP contribution in [0.3, 0.4) is 0 Å². The molecule has 3 rings (SSSR count). The Labute approximate surface area is 154 Å². The highest BCUT2D eigenvalue weighted by atomic mass is 16.5. The SMILES string of the molecule is COC(C)(C)C(=CC(=O)c1cccc2ccccc12)Nc1ccccc1. The van der Waals surface area contributed by atoms with Crippen LogP contribution in [0.5, 0.6) is 0 Å².